The zero-order chi connectivity index (χ0) is 22.7. The Morgan fingerprint density at radius 1 is 1.12 bits per heavy atom. The van der Waals surface area contributed by atoms with Gasteiger partial charge in [-0.2, -0.15) is 0 Å². The Balaban J connectivity index is 1.43. The Bertz CT molecular complexity index is 1060. The fourth-order valence-electron chi connectivity index (χ4n) is 3.94. The second-order valence-electron chi connectivity index (χ2n) is 7.89. The zero-order valence-electron chi connectivity index (χ0n) is 17.2. The molecular formula is C23H22F2N2O5. The summed E-state index contributed by atoms with van der Waals surface area (Å²) in [5.41, 5.74) is 0.921. The maximum Gasteiger partial charge on any atom is 0.407 e. The highest BCUT2D eigenvalue weighted by molar-refractivity contribution is 6.06. The average molecular weight is 444 g/mol. The molecule has 9 heteroatoms. The predicted octanol–water partition coefficient (Wildman–Crippen LogP) is 4.14. The number of ether oxygens (including phenoxy) is 2. The molecule has 2 N–H and O–H groups in total. The van der Waals surface area contributed by atoms with E-state index in [-0.39, 0.29) is 36.2 Å². The van der Waals surface area contributed by atoms with Crippen LogP contribution in [0.1, 0.15) is 47.6 Å². The zero-order valence-corrected chi connectivity index (χ0v) is 17.2. The minimum atomic E-state index is -1.07. The highest BCUT2D eigenvalue weighted by atomic mass is 19.2. The summed E-state index contributed by atoms with van der Waals surface area (Å²) in [6.07, 6.45) is 1.57. The van der Waals surface area contributed by atoms with Crippen LogP contribution in [0.15, 0.2) is 36.4 Å². The fourth-order valence-corrected chi connectivity index (χ4v) is 3.94. The Kier molecular flexibility index (Phi) is 6.34. The first-order valence-corrected chi connectivity index (χ1v) is 10.4. The first-order chi connectivity index (χ1) is 15.4. The first-order valence-electron chi connectivity index (χ1n) is 10.4. The lowest BCUT2D eigenvalue weighted by Crippen LogP contribution is -2.34. The molecule has 0 bridgehead atoms. The molecule has 1 aliphatic carbocycles. The van der Waals surface area contributed by atoms with Crippen LogP contribution in [-0.4, -0.2) is 31.0 Å². The van der Waals surface area contributed by atoms with E-state index < -0.39 is 29.7 Å². The molecule has 168 valence electrons. The predicted molar refractivity (Wildman–Crippen MR) is 110 cm³/mol. The normalized spacial score (nSPS) is 19.6. The highest BCUT2D eigenvalue weighted by Gasteiger charge is 2.28. The second kappa shape index (κ2) is 9.33. The molecule has 2 amide bonds. The van der Waals surface area contributed by atoms with Crippen molar-refractivity contribution in [2.75, 3.05) is 18.5 Å². The number of Topliss-reactive ketones (excluding diaryl/α,β-unsaturated/α-hetero) is 1. The lowest BCUT2D eigenvalue weighted by atomic mass is 9.97. The number of halogens is 2. The van der Waals surface area contributed by atoms with E-state index in [9.17, 15) is 23.2 Å². The van der Waals surface area contributed by atoms with E-state index >= 15 is 0 Å². The van der Waals surface area contributed by atoms with Gasteiger partial charge in [-0.1, -0.05) is 12.1 Å². The number of nitrogens with one attached hydrogen (secondary N) is 2. The van der Waals surface area contributed by atoms with Gasteiger partial charge in [0.1, 0.15) is 11.5 Å². The van der Waals surface area contributed by atoms with Gasteiger partial charge >= 0.3 is 6.09 Å². The molecule has 0 radical (unpaired) electrons. The summed E-state index contributed by atoms with van der Waals surface area (Å²) in [5.74, 6) is -2.08. The maximum absolute atomic E-state index is 13.4. The van der Waals surface area contributed by atoms with Crippen LogP contribution >= 0.6 is 0 Å². The number of anilines is 1. The first kappa shape index (κ1) is 21.7. The van der Waals surface area contributed by atoms with Gasteiger partial charge in [-0.3, -0.25) is 9.59 Å². The summed E-state index contributed by atoms with van der Waals surface area (Å²) < 4.78 is 37.5. The van der Waals surface area contributed by atoms with E-state index in [1.54, 1.807) is 18.2 Å². The van der Waals surface area contributed by atoms with Crippen molar-refractivity contribution in [1.29, 1.82) is 0 Å². The van der Waals surface area contributed by atoms with E-state index in [1.165, 1.54) is 6.07 Å². The Hall–Kier alpha value is -3.49. The molecule has 2 aliphatic rings. The standard InChI is InChI=1S/C23H22F2N2O5/c24-18-7-5-14(11-19(18)25)26-22(29)17-3-1-2-16-20(8-9-31-21(16)17)27-23(30)32-12-13-4-6-15(28)10-13/h1-3,5,7,11,13,20H,4,6,8-10,12H2,(H,26,29)(H,27,30)/t13-,20-/m0/s1. The summed E-state index contributed by atoms with van der Waals surface area (Å²) in [6, 6.07) is 7.58. The molecule has 0 aromatic heterocycles. The lowest BCUT2D eigenvalue weighted by molar-refractivity contribution is -0.117. The third-order valence-electron chi connectivity index (χ3n) is 5.59. The molecule has 7 nitrogen and oxygen atoms in total. The smallest absolute Gasteiger partial charge is 0.407 e. The molecule has 0 unspecified atom stereocenters. The van der Waals surface area contributed by atoms with E-state index in [1.807, 2.05) is 0 Å². The number of ketones is 1. The molecule has 0 spiro atoms. The van der Waals surface area contributed by atoms with Crippen LogP contribution in [0.2, 0.25) is 0 Å². The number of rotatable bonds is 5. The summed E-state index contributed by atoms with van der Waals surface area (Å²) >= 11 is 0. The molecule has 1 aliphatic heterocycles. The van der Waals surface area contributed by atoms with E-state index in [0.717, 1.165) is 18.6 Å². The minimum absolute atomic E-state index is 0.0572. The van der Waals surface area contributed by atoms with Crippen LogP contribution in [0.25, 0.3) is 0 Å². The number of carbonyl (C=O) groups excluding carboxylic acids is 3. The van der Waals surface area contributed by atoms with Crippen molar-refractivity contribution < 1.29 is 32.6 Å². The Labute approximate surface area is 183 Å². The van der Waals surface area contributed by atoms with Gasteiger partial charge in [0.2, 0.25) is 0 Å². The molecule has 1 saturated carbocycles. The SMILES string of the molecule is O=C1CC[C@H](COC(=O)N[C@H]2CCOc3c(C(=O)Nc4ccc(F)c(F)c4)cccc32)C1. The largest absolute Gasteiger partial charge is 0.492 e. The van der Waals surface area contributed by atoms with Gasteiger partial charge in [-0.05, 0) is 24.6 Å². The van der Waals surface area contributed by atoms with Crippen LogP contribution in [0, 0.1) is 17.6 Å². The number of carbonyl (C=O) groups is 3. The van der Waals surface area contributed by atoms with Crippen molar-refractivity contribution in [3.8, 4) is 5.75 Å². The molecule has 2 atom stereocenters. The molecule has 0 saturated heterocycles. The number of hydrogen-bond acceptors (Lipinski definition) is 5. The summed E-state index contributed by atoms with van der Waals surface area (Å²) in [7, 11) is 0. The average Bonchev–Trinajstić information content (AvgIpc) is 3.20. The summed E-state index contributed by atoms with van der Waals surface area (Å²) in [5, 5.41) is 5.31. The molecule has 2 aromatic carbocycles. The quantitative estimate of drug-likeness (QED) is 0.723. The molecule has 32 heavy (non-hydrogen) atoms. The van der Waals surface area contributed by atoms with E-state index in [4.69, 9.17) is 9.47 Å². The molecule has 2 aromatic rings. The van der Waals surface area contributed by atoms with E-state index in [0.29, 0.717) is 30.6 Å². The van der Waals surface area contributed by atoms with Crippen LogP contribution in [0.5, 0.6) is 5.75 Å². The van der Waals surface area contributed by atoms with E-state index in [2.05, 4.69) is 10.6 Å². The topological polar surface area (TPSA) is 93.7 Å². The van der Waals surface area contributed by atoms with Gasteiger partial charge in [-0.15, -0.1) is 0 Å². The van der Waals surface area contributed by atoms with Gasteiger partial charge in [-0.25, -0.2) is 13.6 Å². The van der Waals surface area contributed by atoms with Crippen LogP contribution < -0.4 is 15.4 Å². The highest BCUT2D eigenvalue weighted by Crippen LogP contribution is 2.35. The van der Waals surface area contributed by atoms with Gasteiger partial charge in [0.15, 0.2) is 11.6 Å². The van der Waals surface area contributed by atoms with Gasteiger partial charge in [0, 0.05) is 42.5 Å². The molecule has 1 fully saturated rings. The van der Waals surface area contributed by atoms with Crippen molar-refractivity contribution >= 4 is 23.5 Å². The van der Waals surface area contributed by atoms with Crippen molar-refractivity contribution in [2.45, 2.75) is 31.7 Å². The number of para-hydroxylation sites is 1. The van der Waals surface area contributed by atoms with Crippen molar-refractivity contribution in [3.05, 3.63) is 59.2 Å². The lowest BCUT2D eigenvalue weighted by Gasteiger charge is -2.28. The van der Waals surface area contributed by atoms with Crippen LogP contribution in [0.4, 0.5) is 19.3 Å². The number of hydrogen-bond donors (Lipinski definition) is 2. The molecule has 4 rings (SSSR count). The van der Waals surface area contributed by atoms with Gasteiger partial charge < -0.3 is 20.1 Å². The third-order valence-corrected chi connectivity index (χ3v) is 5.59. The summed E-state index contributed by atoms with van der Waals surface area (Å²) in [4.78, 5) is 36.4. The van der Waals surface area contributed by atoms with Crippen molar-refractivity contribution in [2.24, 2.45) is 5.92 Å². The monoisotopic (exact) mass is 444 g/mol. The molecular weight excluding hydrogens is 422 g/mol. The van der Waals surface area contributed by atoms with Gasteiger partial charge in [0.25, 0.3) is 5.91 Å². The third kappa shape index (κ3) is 4.87. The van der Waals surface area contributed by atoms with Gasteiger partial charge in [0.05, 0.1) is 24.8 Å². The van der Waals surface area contributed by atoms with Crippen molar-refractivity contribution in [3.63, 3.8) is 0 Å². The Morgan fingerprint density at radius 3 is 2.72 bits per heavy atom. The van der Waals surface area contributed by atoms with Crippen LogP contribution in [-0.2, 0) is 9.53 Å². The van der Waals surface area contributed by atoms with Crippen LogP contribution in [0.3, 0.4) is 0 Å². The second-order valence-corrected chi connectivity index (χ2v) is 7.89. The number of benzene rings is 2. The number of amides is 2. The minimum Gasteiger partial charge on any atom is -0.492 e. The van der Waals surface area contributed by atoms with Crippen molar-refractivity contribution in [1.82, 2.24) is 5.32 Å². The summed E-state index contributed by atoms with van der Waals surface area (Å²) in [6.45, 7) is 0.453. The Morgan fingerprint density at radius 2 is 1.97 bits per heavy atom. The maximum atomic E-state index is 13.4. The molecule has 1 heterocycles. The number of alkyl carbamates (subject to hydrolysis) is 1. The number of fused-ring (bicyclic) bond motifs is 1. The fraction of sp³-hybridized carbons (Fsp3) is 0.348.